The van der Waals surface area contributed by atoms with Crippen molar-refractivity contribution >= 4 is 33.0 Å². The topological polar surface area (TPSA) is 66.5 Å². The van der Waals surface area contributed by atoms with Crippen molar-refractivity contribution in [3.63, 3.8) is 0 Å². The summed E-state index contributed by atoms with van der Waals surface area (Å²) in [4.78, 5) is 15.3. The number of benzene rings is 1. The van der Waals surface area contributed by atoms with Crippen LogP contribution in [0.3, 0.4) is 0 Å². The zero-order valence-corrected chi connectivity index (χ0v) is 15.4. The molecule has 1 unspecified atom stereocenters. The molecule has 0 radical (unpaired) electrons. The lowest BCUT2D eigenvalue weighted by molar-refractivity contribution is 0.0991. The summed E-state index contributed by atoms with van der Waals surface area (Å²) in [5.74, 6) is 0.575. The van der Waals surface area contributed by atoms with Crippen molar-refractivity contribution in [1.82, 2.24) is 4.72 Å². The van der Waals surface area contributed by atoms with Gasteiger partial charge < -0.3 is 4.90 Å². The van der Waals surface area contributed by atoms with Gasteiger partial charge in [-0.15, -0.1) is 11.3 Å². The van der Waals surface area contributed by atoms with E-state index in [9.17, 15) is 13.2 Å². The SMILES string of the molecule is CNS(=O)(=O)c1csc(C(=O)N2CC(C(C)C)c3ccccc32)c1. The van der Waals surface area contributed by atoms with Gasteiger partial charge in [-0.05, 0) is 30.7 Å². The number of para-hydroxylation sites is 1. The molecule has 0 spiro atoms. The third-order valence-electron chi connectivity index (χ3n) is 4.42. The zero-order chi connectivity index (χ0) is 17.5. The monoisotopic (exact) mass is 364 g/mol. The summed E-state index contributed by atoms with van der Waals surface area (Å²) in [6.07, 6.45) is 0. The van der Waals surface area contributed by atoms with Crippen molar-refractivity contribution in [3.05, 3.63) is 46.2 Å². The number of thiophene rings is 1. The molecule has 7 heteroatoms. The molecule has 128 valence electrons. The average Bonchev–Trinajstić information content (AvgIpc) is 3.20. The van der Waals surface area contributed by atoms with Crippen LogP contribution >= 0.6 is 11.3 Å². The Kier molecular flexibility index (Phi) is 4.50. The number of sulfonamides is 1. The first-order valence-corrected chi connectivity index (χ1v) is 10.1. The van der Waals surface area contributed by atoms with Crippen LogP contribution in [-0.4, -0.2) is 27.9 Å². The predicted octanol–water partition coefficient (Wildman–Crippen LogP) is 3.06. The lowest BCUT2D eigenvalue weighted by atomic mass is 9.90. The Labute approximate surface area is 146 Å². The number of hydrogen-bond acceptors (Lipinski definition) is 4. The van der Waals surface area contributed by atoms with E-state index in [0.29, 0.717) is 23.3 Å². The zero-order valence-electron chi connectivity index (χ0n) is 13.8. The van der Waals surface area contributed by atoms with Gasteiger partial charge in [0.15, 0.2) is 0 Å². The highest BCUT2D eigenvalue weighted by molar-refractivity contribution is 7.89. The molecule has 2 aromatic rings. The van der Waals surface area contributed by atoms with Crippen LogP contribution in [-0.2, 0) is 10.0 Å². The van der Waals surface area contributed by atoms with Gasteiger partial charge in [-0.1, -0.05) is 32.0 Å². The largest absolute Gasteiger partial charge is 0.307 e. The summed E-state index contributed by atoms with van der Waals surface area (Å²) in [5.41, 5.74) is 2.10. The van der Waals surface area contributed by atoms with Crippen molar-refractivity contribution in [2.75, 3.05) is 18.5 Å². The molecule has 1 aliphatic heterocycles. The number of amides is 1. The van der Waals surface area contributed by atoms with E-state index in [2.05, 4.69) is 24.6 Å². The van der Waals surface area contributed by atoms with E-state index >= 15 is 0 Å². The lowest BCUT2D eigenvalue weighted by Gasteiger charge is -2.18. The van der Waals surface area contributed by atoms with Crippen LogP contribution in [0.1, 0.15) is 35.0 Å². The Morgan fingerprint density at radius 2 is 2.04 bits per heavy atom. The summed E-state index contributed by atoms with van der Waals surface area (Å²) in [5, 5.41) is 1.50. The van der Waals surface area contributed by atoms with Crippen molar-refractivity contribution in [3.8, 4) is 0 Å². The van der Waals surface area contributed by atoms with E-state index in [4.69, 9.17) is 0 Å². The maximum absolute atomic E-state index is 12.9. The van der Waals surface area contributed by atoms with E-state index in [-0.39, 0.29) is 10.8 Å². The number of anilines is 1. The van der Waals surface area contributed by atoms with Crippen molar-refractivity contribution in [2.24, 2.45) is 5.92 Å². The number of nitrogens with zero attached hydrogens (tertiary/aromatic N) is 1. The highest BCUT2D eigenvalue weighted by Gasteiger charge is 2.34. The fourth-order valence-electron chi connectivity index (χ4n) is 3.03. The van der Waals surface area contributed by atoms with Gasteiger partial charge in [-0.2, -0.15) is 0 Å². The fourth-order valence-corrected chi connectivity index (χ4v) is 4.98. The molecule has 2 heterocycles. The number of nitrogens with one attached hydrogen (secondary N) is 1. The molecule has 1 amide bonds. The molecule has 1 aromatic heterocycles. The van der Waals surface area contributed by atoms with E-state index in [0.717, 1.165) is 17.0 Å². The maximum Gasteiger partial charge on any atom is 0.268 e. The molecule has 1 atom stereocenters. The van der Waals surface area contributed by atoms with Crippen LogP contribution in [0.2, 0.25) is 0 Å². The molecule has 3 rings (SSSR count). The summed E-state index contributed by atoms with van der Waals surface area (Å²) in [6.45, 7) is 4.93. The van der Waals surface area contributed by atoms with E-state index < -0.39 is 10.0 Å². The predicted molar refractivity (Wildman–Crippen MR) is 96.3 cm³/mol. The first kappa shape index (κ1) is 17.1. The normalized spacial score (nSPS) is 17.3. The van der Waals surface area contributed by atoms with Gasteiger partial charge in [0.1, 0.15) is 0 Å². The number of carbonyl (C=O) groups excluding carboxylic acids is 1. The van der Waals surface area contributed by atoms with Crippen LogP contribution in [0.4, 0.5) is 5.69 Å². The first-order valence-electron chi connectivity index (χ1n) is 7.78. The molecule has 0 saturated heterocycles. The van der Waals surface area contributed by atoms with Crippen molar-refractivity contribution < 1.29 is 13.2 Å². The molecule has 1 aromatic carbocycles. The fraction of sp³-hybridized carbons (Fsp3) is 0.353. The summed E-state index contributed by atoms with van der Waals surface area (Å²) in [7, 11) is -2.17. The number of fused-ring (bicyclic) bond motifs is 1. The van der Waals surface area contributed by atoms with E-state index in [1.54, 1.807) is 4.90 Å². The van der Waals surface area contributed by atoms with Gasteiger partial charge in [0, 0.05) is 23.5 Å². The van der Waals surface area contributed by atoms with Crippen LogP contribution in [0.15, 0.2) is 40.6 Å². The van der Waals surface area contributed by atoms with Crippen molar-refractivity contribution in [1.29, 1.82) is 0 Å². The van der Waals surface area contributed by atoms with E-state index in [1.807, 2.05) is 18.2 Å². The molecule has 5 nitrogen and oxygen atoms in total. The molecular weight excluding hydrogens is 344 g/mol. The van der Waals surface area contributed by atoms with Crippen LogP contribution in [0, 0.1) is 5.92 Å². The third-order valence-corrected chi connectivity index (χ3v) is 6.88. The average molecular weight is 364 g/mol. The van der Waals surface area contributed by atoms with Gasteiger partial charge in [-0.25, -0.2) is 13.1 Å². The Morgan fingerprint density at radius 3 is 2.71 bits per heavy atom. The molecule has 0 fully saturated rings. The maximum atomic E-state index is 12.9. The standard InChI is InChI=1S/C17H20N2O3S2/c1-11(2)14-9-19(15-7-5-4-6-13(14)15)17(20)16-8-12(10-23-16)24(21,22)18-3/h4-8,10-11,14,18H,9H2,1-3H3. The number of rotatable bonds is 4. The summed E-state index contributed by atoms with van der Waals surface area (Å²) in [6, 6.07) is 9.38. The van der Waals surface area contributed by atoms with Crippen LogP contribution < -0.4 is 9.62 Å². The Morgan fingerprint density at radius 1 is 1.33 bits per heavy atom. The molecule has 24 heavy (non-hydrogen) atoms. The molecule has 0 aliphatic carbocycles. The summed E-state index contributed by atoms with van der Waals surface area (Å²) < 4.78 is 26.0. The molecular formula is C17H20N2O3S2. The number of hydrogen-bond donors (Lipinski definition) is 1. The lowest BCUT2D eigenvalue weighted by Crippen LogP contribution is -2.30. The number of carbonyl (C=O) groups is 1. The highest BCUT2D eigenvalue weighted by atomic mass is 32.2. The second kappa shape index (κ2) is 6.31. The smallest absolute Gasteiger partial charge is 0.268 e. The molecule has 1 N–H and O–H groups in total. The van der Waals surface area contributed by atoms with Gasteiger partial charge >= 0.3 is 0 Å². The minimum atomic E-state index is -3.53. The Balaban J connectivity index is 1.94. The van der Waals surface area contributed by atoms with Crippen LogP contribution in [0.5, 0.6) is 0 Å². The summed E-state index contributed by atoms with van der Waals surface area (Å²) >= 11 is 1.16. The Bertz CT molecular complexity index is 871. The second-order valence-electron chi connectivity index (χ2n) is 6.18. The van der Waals surface area contributed by atoms with Crippen molar-refractivity contribution in [2.45, 2.75) is 24.7 Å². The Hall–Kier alpha value is -1.70. The van der Waals surface area contributed by atoms with Gasteiger partial charge in [0.05, 0.1) is 9.77 Å². The first-order chi connectivity index (χ1) is 11.3. The van der Waals surface area contributed by atoms with E-state index in [1.165, 1.54) is 24.1 Å². The highest BCUT2D eigenvalue weighted by Crippen LogP contribution is 2.41. The van der Waals surface area contributed by atoms with Gasteiger partial charge in [-0.3, -0.25) is 4.79 Å². The van der Waals surface area contributed by atoms with Crippen LogP contribution in [0.25, 0.3) is 0 Å². The molecule has 1 aliphatic rings. The minimum Gasteiger partial charge on any atom is -0.307 e. The molecule has 0 saturated carbocycles. The minimum absolute atomic E-state index is 0.131. The quantitative estimate of drug-likeness (QED) is 0.907. The van der Waals surface area contributed by atoms with Gasteiger partial charge in [0.2, 0.25) is 10.0 Å². The van der Waals surface area contributed by atoms with Gasteiger partial charge in [0.25, 0.3) is 5.91 Å². The molecule has 0 bridgehead atoms. The third kappa shape index (κ3) is 2.87. The second-order valence-corrected chi connectivity index (χ2v) is 8.98.